The van der Waals surface area contributed by atoms with Crippen LogP contribution < -0.4 is 4.90 Å². The van der Waals surface area contributed by atoms with Gasteiger partial charge in [0.25, 0.3) is 0 Å². The zero-order chi connectivity index (χ0) is 18.4. The summed E-state index contributed by atoms with van der Waals surface area (Å²) in [7, 11) is 0. The molecule has 1 fully saturated rings. The lowest BCUT2D eigenvalue weighted by molar-refractivity contribution is -0.140. The van der Waals surface area contributed by atoms with Crippen LogP contribution in [-0.2, 0) is 16.1 Å². The number of anilines is 1. The number of hydrogen-bond acceptors (Lipinski definition) is 5. The van der Waals surface area contributed by atoms with Gasteiger partial charge in [0.1, 0.15) is 6.54 Å². The van der Waals surface area contributed by atoms with Gasteiger partial charge in [-0.1, -0.05) is 30.3 Å². The maximum Gasteiger partial charge on any atom is 0.242 e. The Morgan fingerprint density at radius 3 is 2.27 bits per heavy atom. The van der Waals surface area contributed by atoms with E-state index in [9.17, 15) is 9.59 Å². The molecule has 1 aliphatic rings. The van der Waals surface area contributed by atoms with Gasteiger partial charge in [-0.2, -0.15) is 0 Å². The smallest absolute Gasteiger partial charge is 0.242 e. The topological polar surface area (TPSA) is 69.6 Å². The van der Waals surface area contributed by atoms with E-state index in [2.05, 4.69) is 14.9 Å². The van der Waals surface area contributed by atoms with Crippen LogP contribution in [0.2, 0.25) is 0 Å². The molecule has 7 heteroatoms. The zero-order valence-corrected chi connectivity index (χ0v) is 14.9. The molecule has 0 unspecified atom stereocenters. The highest BCUT2D eigenvalue weighted by Crippen LogP contribution is 2.11. The molecule has 136 valence electrons. The third-order valence-electron chi connectivity index (χ3n) is 4.46. The van der Waals surface area contributed by atoms with Crippen LogP contribution in [0.25, 0.3) is 0 Å². The van der Waals surface area contributed by atoms with E-state index in [1.54, 1.807) is 28.3 Å². The fourth-order valence-electron chi connectivity index (χ4n) is 2.96. The van der Waals surface area contributed by atoms with Crippen LogP contribution in [0.3, 0.4) is 0 Å². The first-order valence-electron chi connectivity index (χ1n) is 8.72. The molecule has 7 nitrogen and oxygen atoms in total. The van der Waals surface area contributed by atoms with Crippen LogP contribution in [-0.4, -0.2) is 64.3 Å². The first-order chi connectivity index (χ1) is 12.6. The van der Waals surface area contributed by atoms with Crippen LogP contribution in [0.4, 0.5) is 5.95 Å². The number of rotatable bonds is 5. The molecule has 26 heavy (non-hydrogen) atoms. The van der Waals surface area contributed by atoms with Crippen molar-refractivity contribution in [2.24, 2.45) is 0 Å². The molecule has 2 heterocycles. The highest BCUT2D eigenvalue weighted by Gasteiger charge is 2.24. The summed E-state index contributed by atoms with van der Waals surface area (Å²) >= 11 is 0. The van der Waals surface area contributed by atoms with E-state index < -0.39 is 0 Å². The lowest BCUT2D eigenvalue weighted by Crippen LogP contribution is -2.52. The van der Waals surface area contributed by atoms with E-state index in [1.165, 1.54) is 6.92 Å². The molecule has 0 spiro atoms. The Morgan fingerprint density at radius 1 is 1.00 bits per heavy atom. The summed E-state index contributed by atoms with van der Waals surface area (Å²) in [6.07, 6.45) is 3.43. The van der Waals surface area contributed by atoms with Crippen LogP contribution in [0, 0.1) is 0 Å². The van der Waals surface area contributed by atoms with Gasteiger partial charge in [0, 0.05) is 52.0 Å². The largest absolute Gasteiger partial charge is 0.338 e. The number of hydrogen-bond donors (Lipinski definition) is 0. The number of nitrogens with zero attached hydrogens (tertiary/aromatic N) is 5. The van der Waals surface area contributed by atoms with Gasteiger partial charge in [-0.3, -0.25) is 9.59 Å². The monoisotopic (exact) mass is 353 g/mol. The summed E-state index contributed by atoms with van der Waals surface area (Å²) in [6.45, 7) is 4.64. The Hall–Kier alpha value is -2.96. The van der Waals surface area contributed by atoms with Crippen molar-refractivity contribution < 1.29 is 9.59 Å². The van der Waals surface area contributed by atoms with Crippen molar-refractivity contribution in [3.8, 4) is 0 Å². The molecule has 1 aliphatic heterocycles. The van der Waals surface area contributed by atoms with Gasteiger partial charge in [-0.25, -0.2) is 9.97 Å². The number of benzene rings is 1. The number of piperazine rings is 1. The Labute approximate surface area is 153 Å². The number of amides is 2. The predicted octanol–water partition coefficient (Wildman–Crippen LogP) is 1.17. The summed E-state index contributed by atoms with van der Waals surface area (Å²) in [5.41, 5.74) is 1.02. The van der Waals surface area contributed by atoms with Gasteiger partial charge < -0.3 is 14.7 Å². The minimum Gasteiger partial charge on any atom is -0.338 e. The summed E-state index contributed by atoms with van der Waals surface area (Å²) in [5.74, 6) is 0.567. The van der Waals surface area contributed by atoms with E-state index in [4.69, 9.17) is 0 Å². The first kappa shape index (κ1) is 17.8. The molecule has 0 atom stereocenters. The minimum atomic E-state index is -0.0986. The van der Waals surface area contributed by atoms with E-state index in [1.807, 2.05) is 30.3 Å². The maximum atomic E-state index is 12.6. The summed E-state index contributed by atoms with van der Waals surface area (Å²) in [6, 6.07) is 11.5. The van der Waals surface area contributed by atoms with Gasteiger partial charge in [-0.15, -0.1) is 0 Å². The molecular formula is C19H23N5O2. The molecule has 1 aromatic heterocycles. The van der Waals surface area contributed by atoms with Crippen molar-refractivity contribution >= 4 is 17.8 Å². The molecule has 0 radical (unpaired) electrons. The van der Waals surface area contributed by atoms with Crippen molar-refractivity contribution in [2.75, 3.05) is 37.6 Å². The first-order valence-corrected chi connectivity index (χ1v) is 8.72. The standard InChI is InChI=1S/C19H23N5O2/c1-16(25)24(14-17-6-3-2-4-7-17)15-18(26)22-10-12-23(13-11-22)19-20-8-5-9-21-19/h2-9H,10-15H2,1H3. The molecule has 1 aromatic carbocycles. The Bertz CT molecular complexity index is 730. The highest BCUT2D eigenvalue weighted by molar-refractivity contribution is 5.84. The van der Waals surface area contributed by atoms with Crippen molar-refractivity contribution in [3.05, 3.63) is 54.4 Å². The van der Waals surface area contributed by atoms with Crippen molar-refractivity contribution in [1.29, 1.82) is 0 Å². The molecular weight excluding hydrogens is 330 g/mol. The van der Waals surface area contributed by atoms with Crippen LogP contribution >= 0.6 is 0 Å². The lowest BCUT2D eigenvalue weighted by Gasteiger charge is -2.35. The summed E-state index contributed by atoms with van der Waals surface area (Å²) in [5, 5.41) is 0. The SMILES string of the molecule is CC(=O)N(CC(=O)N1CCN(c2ncccn2)CC1)Cc1ccccc1. The second-order valence-electron chi connectivity index (χ2n) is 6.28. The van der Waals surface area contributed by atoms with Crippen molar-refractivity contribution in [3.63, 3.8) is 0 Å². The van der Waals surface area contributed by atoms with Crippen LogP contribution in [0.1, 0.15) is 12.5 Å². The Balaban J connectivity index is 1.54. The quantitative estimate of drug-likeness (QED) is 0.807. The fourth-order valence-corrected chi connectivity index (χ4v) is 2.96. The average molecular weight is 353 g/mol. The van der Waals surface area contributed by atoms with Crippen LogP contribution in [0.5, 0.6) is 0 Å². The second-order valence-corrected chi connectivity index (χ2v) is 6.28. The molecule has 2 amide bonds. The zero-order valence-electron chi connectivity index (χ0n) is 14.9. The van der Waals surface area contributed by atoms with Gasteiger partial charge in [0.05, 0.1) is 0 Å². The van der Waals surface area contributed by atoms with E-state index >= 15 is 0 Å². The third kappa shape index (κ3) is 4.56. The molecule has 0 aliphatic carbocycles. The van der Waals surface area contributed by atoms with E-state index in [0.717, 1.165) is 5.56 Å². The molecule has 0 saturated carbocycles. The Morgan fingerprint density at radius 2 is 1.65 bits per heavy atom. The molecule has 0 bridgehead atoms. The summed E-state index contributed by atoms with van der Waals surface area (Å²) < 4.78 is 0. The normalized spacial score (nSPS) is 14.2. The number of aromatic nitrogens is 2. The highest BCUT2D eigenvalue weighted by atomic mass is 16.2. The predicted molar refractivity (Wildman–Crippen MR) is 98.4 cm³/mol. The molecule has 0 N–H and O–H groups in total. The lowest BCUT2D eigenvalue weighted by atomic mass is 10.2. The maximum absolute atomic E-state index is 12.6. The number of carbonyl (C=O) groups is 2. The van der Waals surface area contributed by atoms with E-state index in [0.29, 0.717) is 38.7 Å². The molecule has 3 rings (SSSR count). The van der Waals surface area contributed by atoms with Crippen molar-refractivity contribution in [2.45, 2.75) is 13.5 Å². The second kappa shape index (κ2) is 8.42. The third-order valence-corrected chi connectivity index (χ3v) is 4.46. The van der Waals surface area contributed by atoms with Gasteiger partial charge in [0.15, 0.2) is 0 Å². The summed E-state index contributed by atoms with van der Waals surface area (Å²) in [4.78, 5) is 38.5. The van der Waals surface area contributed by atoms with Gasteiger partial charge in [-0.05, 0) is 11.6 Å². The van der Waals surface area contributed by atoms with Crippen LogP contribution in [0.15, 0.2) is 48.8 Å². The molecule has 2 aromatic rings. The average Bonchev–Trinajstić information content (AvgIpc) is 2.69. The van der Waals surface area contributed by atoms with E-state index in [-0.39, 0.29) is 18.4 Å². The number of carbonyl (C=O) groups excluding carboxylic acids is 2. The van der Waals surface area contributed by atoms with Gasteiger partial charge in [0.2, 0.25) is 17.8 Å². The fraction of sp³-hybridized carbons (Fsp3) is 0.368. The minimum absolute atomic E-state index is 0.0234. The Kier molecular flexibility index (Phi) is 5.78. The van der Waals surface area contributed by atoms with Crippen molar-refractivity contribution in [1.82, 2.24) is 19.8 Å². The van der Waals surface area contributed by atoms with Gasteiger partial charge >= 0.3 is 0 Å². The molecule has 1 saturated heterocycles.